The van der Waals surface area contributed by atoms with Crippen LogP contribution in [0.3, 0.4) is 0 Å². The molecule has 0 bridgehead atoms. The van der Waals surface area contributed by atoms with Gasteiger partial charge in [-0.1, -0.05) is 18.7 Å². The molecule has 0 aliphatic heterocycles. The molecule has 21 heavy (non-hydrogen) atoms. The first-order valence-electron chi connectivity index (χ1n) is 5.97. The van der Waals surface area contributed by atoms with E-state index in [2.05, 4.69) is 16.9 Å². The van der Waals surface area contributed by atoms with E-state index in [1.165, 1.54) is 18.3 Å². The zero-order valence-electron chi connectivity index (χ0n) is 10.8. The summed E-state index contributed by atoms with van der Waals surface area (Å²) in [6.07, 6.45) is -1.89. The smallest absolute Gasteiger partial charge is 0.307 e. The maximum absolute atomic E-state index is 12.7. The van der Waals surface area contributed by atoms with E-state index in [0.717, 1.165) is 18.2 Å². The van der Waals surface area contributed by atoms with Gasteiger partial charge >= 0.3 is 6.18 Å². The second-order valence-electron chi connectivity index (χ2n) is 4.20. The number of benzene rings is 1. The number of nitrogens with one attached hydrogen (secondary N) is 1. The number of carbonyl (C=O) groups excluding carboxylic acids is 1. The van der Waals surface area contributed by atoms with Crippen molar-refractivity contribution in [3.63, 3.8) is 0 Å². The lowest BCUT2D eigenvalue weighted by Crippen LogP contribution is -2.08. The molecule has 1 amide bonds. The van der Waals surface area contributed by atoms with Gasteiger partial charge in [-0.05, 0) is 35.9 Å². The van der Waals surface area contributed by atoms with Crippen LogP contribution in [0.15, 0.2) is 55.3 Å². The molecule has 1 N–H and O–H groups in total. The molecular formula is C15H11F3N2O. The number of nitrogens with zero attached hydrogens (tertiary/aromatic N) is 1. The molecule has 6 heteroatoms. The van der Waals surface area contributed by atoms with Crippen molar-refractivity contribution in [1.82, 2.24) is 4.98 Å². The van der Waals surface area contributed by atoms with E-state index in [1.807, 2.05) is 0 Å². The third kappa shape index (κ3) is 3.68. The summed E-state index contributed by atoms with van der Waals surface area (Å²) in [6.45, 7) is 3.31. The van der Waals surface area contributed by atoms with Crippen molar-refractivity contribution in [3.8, 4) is 11.1 Å². The third-order valence-corrected chi connectivity index (χ3v) is 2.72. The maximum Gasteiger partial charge on any atom is 0.416 e. The van der Waals surface area contributed by atoms with Crippen LogP contribution in [0.4, 0.5) is 19.0 Å². The van der Waals surface area contributed by atoms with Crippen LogP contribution in [0.5, 0.6) is 0 Å². The van der Waals surface area contributed by atoms with Gasteiger partial charge in [-0.2, -0.15) is 13.2 Å². The molecule has 0 radical (unpaired) electrons. The average Bonchev–Trinajstić information content (AvgIpc) is 2.47. The summed E-state index contributed by atoms with van der Waals surface area (Å²) in [6, 6.07) is 8.06. The molecule has 1 heterocycles. The van der Waals surface area contributed by atoms with Crippen molar-refractivity contribution >= 4 is 11.7 Å². The molecule has 0 saturated carbocycles. The highest BCUT2D eigenvalue weighted by atomic mass is 19.4. The number of anilines is 1. The van der Waals surface area contributed by atoms with E-state index in [9.17, 15) is 18.0 Å². The first kappa shape index (κ1) is 14.8. The first-order chi connectivity index (χ1) is 9.90. The van der Waals surface area contributed by atoms with Crippen LogP contribution in [0, 0.1) is 0 Å². The van der Waals surface area contributed by atoms with Gasteiger partial charge in [-0.3, -0.25) is 4.79 Å². The van der Waals surface area contributed by atoms with E-state index in [4.69, 9.17) is 0 Å². The SMILES string of the molecule is C=CC(=O)Nc1ccc(-c2cccc(C(F)(F)F)c2)cn1. The number of pyridine rings is 1. The van der Waals surface area contributed by atoms with Gasteiger partial charge < -0.3 is 5.32 Å². The predicted octanol–water partition coefficient (Wildman–Crippen LogP) is 3.89. The third-order valence-electron chi connectivity index (χ3n) is 2.72. The minimum atomic E-state index is -4.39. The van der Waals surface area contributed by atoms with Crippen molar-refractivity contribution in [2.45, 2.75) is 6.18 Å². The van der Waals surface area contributed by atoms with Gasteiger partial charge in [0.25, 0.3) is 0 Å². The van der Waals surface area contributed by atoms with Crippen LogP contribution in [0.1, 0.15) is 5.56 Å². The van der Waals surface area contributed by atoms with Crippen molar-refractivity contribution in [1.29, 1.82) is 0 Å². The Bertz CT molecular complexity index is 663. The second kappa shape index (κ2) is 5.78. The molecule has 3 nitrogen and oxygen atoms in total. The Morgan fingerprint density at radius 3 is 2.52 bits per heavy atom. The summed E-state index contributed by atoms with van der Waals surface area (Å²) in [4.78, 5) is 15.1. The number of hydrogen-bond donors (Lipinski definition) is 1. The van der Waals surface area contributed by atoms with Crippen LogP contribution in [0.25, 0.3) is 11.1 Å². The first-order valence-corrected chi connectivity index (χ1v) is 5.97. The lowest BCUT2D eigenvalue weighted by Gasteiger charge is -2.09. The zero-order valence-corrected chi connectivity index (χ0v) is 10.8. The van der Waals surface area contributed by atoms with Crippen LogP contribution >= 0.6 is 0 Å². The molecule has 2 aromatic rings. The highest BCUT2D eigenvalue weighted by Gasteiger charge is 2.30. The number of halogens is 3. The quantitative estimate of drug-likeness (QED) is 0.872. The number of hydrogen-bond acceptors (Lipinski definition) is 2. The fourth-order valence-corrected chi connectivity index (χ4v) is 1.69. The molecule has 0 saturated heterocycles. The monoisotopic (exact) mass is 292 g/mol. The summed E-state index contributed by atoms with van der Waals surface area (Å²) in [5.74, 6) is -0.107. The van der Waals surface area contributed by atoms with E-state index >= 15 is 0 Å². The molecule has 108 valence electrons. The minimum Gasteiger partial charge on any atom is -0.307 e. The Balaban J connectivity index is 2.27. The average molecular weight is 292 g/mol. The maximum atomic E-state index is 12.7. The van der Waals surface area contributed by atoms with E-state index in [-0.39, 0.29) is 0 Å². The Labute approximate surface area is 119 Å². The zero-order chi connectivity index (χ0) is 15.5. The number of amides is 1. The van der Waals surface area contributed by atoms with E-state index in [1.54, 1.807) is 12.1 Å². The van der Waals surface area contributed by atoms with Crippen molar-refractivity contribution in [2.24, 2.45) is 0 Å². The number of rotatable bonds is 3. The predicted molar refractivity (Wildman–Crippen MR) is 73.5 cm³/mol. The highest BCUT2D eigenvalue weighted by molar-refractivity contribution is 5.98. The fraction of sp³-hybridized carbons (Fsp3) is 0.0667. The normalized spacial score (nSPS) is 11.0. The Morgan fingerprint density at radius 2 is 1.95 bits per heavy atom. The highest BCUT2D eigenvalue weighted by Crippen LogP contribution is 2.32. The Morgan fingerprint density at radius 1 is 1.19 bits per heavy atom. The van der Waals surface area contributed by atoms with Gasteiger partial charge in [0, 0.05) is 11.8 Å². The lowest BCUT2D eigenvalue weighted by atomic mass is 10.0. The molecule has 0 aliphatic rings. The van der Waals surface area contributed by atoms with Gasteiger partial charge in [0.1, 0.15) is 5.82 Å². The van der Waals surface area contributed by atoms with Crippen LogP contribution < -0.4 is 5.32 Å². The van der Waals surface area contributed by atoms with Crippen molar-refractivity contribution in [2.75, 3.05) is 5.32 Å². The molecule has 1 aromatic carbocycles. The Hall–Kier alpha value is -2.63. The van der Waals surface area contributed by atoms with Crippen molar-refractivity contribution < 1.29 is 18.0 Å². The van der Waals surface area contributed by atoms with Gasteiger partial charge in [0.05, 0.1) is 5.56 Å². The minimum absolute atomic E-state index is 0.302. The lowest BCUT2D eigenvalue weighted by molar-refractivity contribution is -0.137. The van der Waals surface area contributed by atoms with E-state index in [0.29, 0.717) is 16.9 Å². The fourth-order valence-electron chi connectivity index (χ4n) is 1.69. The second-order valence-corrected chi connectivity index (χ2v) is 4.20. The standard InChI is InChI=1S/C15H11F3N2O/c1-2-14(21)20-13-7-6-11(9-19-13)10-4-3-5-12(8-10)15(16,17)18/h2-9H,1H2,(H,19,20,21). The van der Waals surface area contributed by atoms with Crippen LogP contribution in [-0.2, 0) is 11.0 Å². The molecule has 0 atom stereocenters. The van der Waals surface area contributed by atoms with Gasteiger partial charge in [0.15, 0.2) is 0 Å². The van der Waals surface area contributed by atoms with E-state index < -0.39 is 17.6 Å². The number of aromatic nitrogens is 1. The molecule has 0 fully saturated rings. The van der Waals surface area contributed by atoms with Gasteiger partial charge in [0.2, 0.25) is 5.91 Å². The molecular weight excluding hydrogens is 281 g/mol. The molecule has 0 aliphatic carbocycles. The molecule has 0 spiro atoms. The summed E-state index contributed by atoms with van der Waals surface area (Å²) in [5, 5.41) is 2.46. The van der Waals surface area contributed by atoms with Crippen molar-refractivity contribution in [3.05, 3.63) is 60.8 Å². The number of alkyl halides is 3. The molecule has 0 unspecified atom stereocenters. The van der Waals surface area contributed by atoms with Gasteiger partial charge in [-0.25, -0.2) is 4.98 Å². The summed E-state index contributed by atoms with van der Waals surface area (Å²) in [7, 11) is 0. The molecule has 2 rings (SSSR count). The Kier molecular flexibility index (Phi) is 4.07. The van der Waals surface area contributed by atoms with Crippen LogP contribution in [-0.4, -0.2) is 10.9 Å². The van der Waals surface area contributed by atoms with Crippen LogP contribution in [0.2, 0.25) is 0 Å². The topological polar surface area (TPSA) is 42.0 Å². The molecule has 1 aromatic heterocycles. The summed E-state index contributed by atoms with van der Waals surface area (Å²) in [5.41, 5.74) is 0.209. The largest absolute Gasteiger partial charge is 0.416 e. The summed E-state index contributed by atoms with van der Waals surface area (Å²) < 4.78 is 38.0. The summed E-state index contributed by atoms with van der Waals surface area (Å²) >= 11 is 0. The number of carbonyl (C=O) groups is 1. The van der Waals surface area contributed by atoms with Gasteiger partial charge in [-0.15, -0.1) is 0 Å².